The summed E-state index contributed by atoms with van der Waals surface area (Å²) in [6.07, 6.45) is 0. The average molecular weight is 255 g/mol. The Hall–Kier alpha value is -0.0705. The summed E-state index contributed by atoms with van der Waals surface area (Å²) < 4.78 is 0. The van der Waals surface area contributed by atoms with E-state index in [1.54, 1.807) is 0 Å². The van der Waals surface area contributed by atoms with Gasteiger partial charge in [0.25, 0.3) is 0 Å². The van der Waals surface area contributed by atoms with Gasteiger partial charge in [0.15, 0.2) is 0 Å². The fourth-order valence-corrected chi connectivity index (χ4v) is 0. The van der Waals surface area contributed by atoms with Gasteiger partial charge in [-0.2, -0.15) is 0 Å². The van der Waals surface area contributed by atoms with Crippen molar-refractivity contribution in [2.24, 2.45) is 0 Å². The molecule has 0 aliphatic carbocycles. The summed E-state index contributed by atoms with van der Waals surface area (Å²) in [5.41, 5.74) is 0. The van der Waals surface area contributed by atoms with Crippen LogP contribution in [-0.2, 0) is 31.5 Å². The molecule has 0 atom stereocenters. The Kier molecular flexibility index (Phi) is 48.1. The van der Waals surface area contributed by atoms with E-state index in [2.05, 4.69) is 0 Å². The average Bonchev–Trinajstić information content (AvgIpc) is 1.54. The van der Waals surface area contributed by atoms with Crippen molar-refractivity contribution >= 4 is 17.9 Å². The number of carbonyl (C=O) groups is 3. The quantitative estimate of drug-likeness (QED) is 0.397. The maximum atomic E-state index is 8.89. The molecule has 0 aliphatic rings. The summed E-state index contributed by atoms with van der Waals surface area (Å²) in [4.78, 5) is 26.7. The molecule has 0 heterocycles. The predicted octanol–water partition coefficient (Wildman–Crippen LogP) is -6.73. The molecule has 0 amide bonds. The SMILES string of the molecule is CC(=O)[O-].CC(=O)[O-].CC(=O)[O-].[Mn+2].[Na+]. The number of hydrogen-bond acceptors (Lipinski definition) is 6. The molecule has 0 rings (SSSR count). The molecule has 0 fully saturated rings. The summed E-state index contributed by atoms with van der Waals surface area (Å²) in [5.74, 6) is -3.25. The smallest absolute Gasteiger partial charge is 0.550 e. The molecule has 0 unspecified atom stereocenters. The van der Waals surface area contributed by atoms with Crippen molar-refractivity contribution in [2.75, 3.05) is 0 Å². The monoisotopic (exact) mass is 255 g/mol. The van der Waals surface area contributed by atoms with E-state index in [1.807, 2.05) is 0 Å². The molecule has 8 heteroatoms. The molecule has 0 spiro atoms. The molecule has 0 aliphatic heterocycles. The maximum absolute atomic E-state index is 8.89. The van der Waals surface area contributed by atoms with Gasteiger partial charge >= 0.3 is 46.6 Å². The van der Waals surface area contributed by atoms with Crippen molar-refractivity contribution in [3.8, 4) is 0 Å². The van der Waals surface area contributed by atoms with Gasteiger partial charge in [-0.1, -0.05) is 0 Å². The fourth-order valence-electron chi connectivity index (χ4n) is 0. The molecule has 1 radical (unpaired) electrons. The first-order chi connectivity index (χ1) is 5.20. The van der Waals surface area contributed by atoms with Gasteiger partial charge in [-0.15, -0.1) is 0 Å². The second-order valence-corrected chi connectivity index (χ2v) is 1.47. The second kappa shape index (κ2) is 23.1. The number of hydrogen-bond donors (Lipinski definition) is 0. The van der Waals surface area contributed by atoms with Gasteiger partial charge < -0.3 is 29.7 Å². The summed E-state index contributed by atoms with van der Waals surface area (Å²) in [6.45, 7) is 2.92. The first kappa shape index (κ1) is 29.2. The molecule has 77 valence electrons. The van der Waals surface area contributed by atoms with Crippen LogP contribution in [0.25, 0.3) is 0 Å². The number of aliphatic carboxylic acids is 3. The van der Waals surface area contributed by atoms with Crippen LogP contribution in [0.3, 0.4) is 0 Å². The fraction of sp³-hybridized carbons (Fsp3) is 0.500. The Morgan fingerprint density at radius 3 is 0.714 bits per heavy atom. The van der Waals surface area contributed by atoms with E-state index < -0.39 is 17.9 Å². The first-order valence-corrected chi connectivity index (χ1v) is 2.72. The van der Waals surface area contributed by atoms with Crippen molar-refractivity contribution < 1.29 is 76.3 Å². The van der Waals surface area contributed by atoms with Gasteiger partial charge in [0.2, 0.25) is 0 Å². The van der Waals surface area contributed by atoms with Crippen LogP contribution in [-0.4, -0.2) is 17.9 Å². The first-order valence-electron chi connectivity index (χ1n) is 2.72. The van der Waals surface area contributed by atoms with Crippen LogP contribution in [0.5, 0.6) is 0 Å². The van der Waals surface area contributed by atoms with Crippen molar-refractivity contribution in [1.82, 2.24) is 0 Å². The zero-order chi connectivity index (χ0) is 10.7. The molecule has 0 saturated carbocycles. The second-order valence-electron chi connectivity index (χ2n) is 1.47. The van der Waals surface area contributed by atoms with Gasteiger partial charge in [-0.25, -0.2) is 0 Å². The van der Waals surface area contributed by atoms with E-state index in [0.29, 0.717) is 0 Å². The van der Waals surface area contributed by atoms with Crippen LogP contribution in [0.15, 0.2) is 0 Å². The normalized spacial score (nSPS) is 5.36. The topological polar surface area (TPSA) is 120 Å². The van der Waals surface area contributed by atoms with Gasteiger partial charge in [-0.3, -0.25) is 0 Å². The third kappa shape index (κ3) is 287000. The van der Waals surface area contributed by atoms with Crippen molar-refractivity contribution in [3.05, 3.63) is 0 Å². The third-order valence-corrected chi connectivity index (χ3v) is 0. The number of rotatable bonds is 0. The van der Waals surface area contributed by atoms with Crippen LogP contribution < -0.4 is 44.9 Å². The summed E-state index contributed by atoms with van der Waals surface area (Å²) in [6, 6.07) is 0. The van der Waals surface area contributed by atoms with Gasteiger partial charge in [-0.05, 0) is 20.8 Å². The minimum atomic E-state index is -1.08. The van der Waals surface area contributed by atoms with Crippen LogP contribution in [0.4, 0.5) is 0 Å². The van der Waals surface area contributed by atoms with E-state index >= 15 is 0 Å². The van der Waals surface area contributed by atoms with E-state index in [4.69, 9.17) is 29.7 Å². The van der Waals surface area contributed by atoms with E-state index in [9.17, 15) is 0 Å². The standard InChI is InChI=1S/3C2H4O2.Mn.Na/c3*1-2(3)4;;/h3*1H3,(H,3,4);;/q;;;+2;+1/p-3. The summed E-state index contributed by atoms with van der Waals surface area (Å²) in [7, 11) is 0. The van der Waals surface area contributed by atoms with E-state index in [1.165, 1.54) is 0 Å². The van der Waals surface area contributed by atoms with Crippen molar-refractivity contribution in [3.63, 3.8) is 0 Å². The molecule has 0 aromatic heterocycles. The Bertz CT molecular complexity index is 120. The summed E-state index contributed by atoms with van der Waals surface area (Å²) >= 11 is 0. The van der Waals surface area contributed by atoms with Crippen molar-refractivity contribution in [1.29, 1.82) is 0 Å². The zero-order valence-corrected chi connectivity index (χ0v) is 11.5. The van der Waals surface area contributed by atoms with Crippen LogP contribution in [0, 0.1) is 0 Å². The molecule has 0 aromatic rings. The minimum Gasteiger partial charge on any atom is -0.550 e. The molecule has 6 nitrogen and oxygen atoms in total. The molecule has 0 N–H and O–H groups in total. The van der Waals surface area contributed by atoms with Crippen LogP contribution in [0.1, 0.15) is 20.8 Å². The minimum absolute atomic E-state index is 0. The number of carboxylic acid groups (broad SMARTS) is 3. The summed E-state index contributed by atoms with van der Waals surface area (Å²) in [5, 5.41) is 26.7. The zero-order valence-electron chi connectivity index (χ0n) is 8.33. The van der Waals surface area contributed by atoms with E-state index in [0.717, 1.165) is 20.8 Å². The molecule has 0 bridgehead atoms. The molecule has 0 saturated heterocycles. The Morgan fingerprint density at radius 2 is 0.714 bits per heavy atom. The Labute approximate surface area is 114 Å². The number of carboxylic acids is 3. The molecular formula is C6H9MnNaO6. The van der Waals surface area contributed by atoms with Gasteiger partial charge in [0, 0.05) is 17.9 Å². The van der Waals surface area contributed by atoms with Crippen LogP contribution >= 0.6 is 0 Å². The van der Waals surface area contributed by atoms with Gasteiger partial charge in [0.05, 0.1) is 0 Å². The van der Waals surface area contributed by atoms with Gasteiger partial charge in [0.1, 0.15) is 0 Å². The molecule has 14 heavy (non-hydrogen) atoms. The number of carbonyl (C=O) groups excluding carboxylic acids is 3. The van der Waals surface area contributed by atoms with E-state index in [-0.39, 0.29) is 46.6 Å². The molecule has 0 aromatic carbocycles. The largest absolute Gasteiger partial charge is 2.00 e. The molecular weight excluding hydrogens is 246 g/mol. The third-order valence-electron chi connectivity index (χ3n) is 0. The van der Waals surface area contributed by atoms with Crippen molar-refractivity contribution in [2.45, 2.75) is 20.8 Å². The Balaban J connectivity index is -0.0000000270. The maximum Gasteiger partial charge on any atom is 2.00 e. The van der Waals surface area contributed by atoms with Crippen LogP contribution in [0.2, 0.25) is 0 Å². The predicted molar refractivity (Wildman–Crippen MR) is 32.0 cm³/mol. The Morgan fingerprint density at radius 1 is 0.714 bits per heavy atom.